The van der Waals surface area contributed by atoms with Crippen LogP contribution in [0, 0.1) is 0 Å². The van der Waals surface area contributed by atoms with E-state index in [9.17, 15) is 0 Å². The van der Waals surface area contributed by atoms with Crippen molar-refractivity contribution >= 4 is 41.7 Å². The number of unbranched alkanes of at least 4 members (excludes halogenated alkanes) is 1. The summed E-state index contributed by atoms with van der Waals surface area (Å²) in [5.74, 6) is 2.24. The molecule has 0 aromatic heterocycles. The van der Waals surface area contributed by atoms with Gasteiger partial charge in [0.25, 0.3) is 0 Å². The average molecular weight is 499 g/mol. The molecule has 5 nitrogen and oxygen atoms in total. The standard InChI is InChI=1S/C19H38N4OS.HI/c1-3-20-18(21-11-7-8-16-25-2)22-17-19(9-5-4-6-10-19)23-12-14-24-15-13-23;/h3-17H2,1-2H3,(H2,20,21,22);1H. The molecule has 0 spiro atoms. The van der Waals surface area contributed by atoms with Crippen molar-refractivity contribution in [3.8, 4) is 0 Å². The molecule has 1 heterocycles. The van der Waals surface area contributed by atoms with Crippen molar-refractivity contribution in [2.45, 2.75) is 57.4 Å². The van der Waals surface area contributed by atoms with E-state index < -0.39 is 0 Å². The number of rotatable bonds is 9. The quantitative estimate of drug-likeness (QED) is 0.221. The molecule has 154 valence electrons. The Morgan fingerprint density at radius 2 is 1.85 bits per heavy atom. The Bertz CT molecular complexity index is 386. The SMILES string of the molecule is CCNC(=NCC1(N2CCOCC2)CCCCC1)NCCCCSC.I. The van der Waals surface area contributed by atoms with Gasteiger partial charge in [-0.15, -0.1) is 24.0 Å². The molecule has 0 amide bonds. The highest BCUT2D eigenvalue weighted by Crippen LogP contribution is 2.34. The Kier molecular flexibility index (Phi) is 13.4. The zero-order valence-corrected chi connectivity index (χ0v) is 19.9. The molecule has 2 rings (SSSR count). The van der Waals surface area contributed by atoms with Gasteiger partial charge in [-0.05, 0) is 44.6 Å². The van der Waals surface area contributed by atoms with E-state index in [1.165, 1.54) is 50.7 Å². The van der Waals surface area contributed by atoms with Crippen molar-refractivity contribution in [2.24, 2.45) is 4.99 Å². The van der Waals surface area contributed by atoms with Crippen molar-refractivity contribution in [1.82, 2.24) is 15.5 Å². The molecule has 1 aliphatic carbocycles. The van der Waals surface area contributed by atoms with E-state index in [1.807, 2.05) is 11.8 Å². The molecule has 2 fully saturated rings. The summed E-state index contributed by atoms with van der Waals surface area (Å²) in [4.78, 5) is 7.68. The number of halogens is 1. The molecule has 0 aromatic carbocycles. The van der Waals surface area contributed by atoms with Gasteiger partial charge in [0, 0.05) is 31.7 Å². The molecule has 0 bridgehead atoms. The second-order valence-corrected chi connectivity index (χ2v) is 8.19. The van der Waals surface area contributed by atoms with Crippen molar-refractivity contribution in [3.63, 3.8) is 0 Å². The van der Waals surface area contributed by atoms with Gasteiger partial charge in [-0.25, -0.2) is 0 Å². The first-order chi connectivity index (χ1) is 12.3. The van der Waals surface area contributed by atoms with E-state index >= 15 is 0 Å². The van der Waals surface area contributed by atoms with E-state index in [-0.39, 0.29) is 29.5 Å². The molecule has 2 N–H and O–H groups in total. The lowest BCUT2D eigenvalue weighted by atomic mass is 9.80. The van der Waals surface area contributed by atoms with Crippen molar-refractivity contribution in [1.29, 1.82) is 0 Å². The summed E-state index contributed by atoms with van der Waals surface area (Å²) in [7, 11) is 0. The molecule has 0 unspecified atom stereocenters. The predicted octanol–water partition coefficient (Wildman–Crippen LogP) is 3.34. The molecular weight excluding hydrogens is 459 g/mol. The van der Waals surface area contributed by atoms with Crippen LogP contribution in [0.1, 0.15) is 51.9 Å². The van der Waals surface area contributed by atoms with Crippen LogP contribution in [0.5, 0.6) is 0 Å². The largest absolute Gasteiger partial charge is 0.379 e. The molecule has 0 radical (unpaired) electrons. The van der Waals surface area contributed by atoms with Gasteiger partial charge < -0.3 is 15.4 Å². The number of nitrogens with one attached hydrogen (secondary N) is 2. The average Bonchev–Trinajstić information content (AvgIpc) is 2.67. The van der Waals surface area contributed by atoms with Crippen LogP contribution in [-0.2, 0) is 4.74 Å². The van der Waals surface area contributed by atoms with E-state index in [1.54, 1.807) is 0 Å². The summed E-state index contributed by atoms with van der Waals surface area (Å²) in [6, 6.07) is 0. The molecule has 1 aliphatic heterocycles. The number of morpholine rings is 1. The first kappa shape index (κ1) is 24.3. The fourth-order valence-electron chi connectivity index (χ4n) is 3.97. The van der Waals surface area contributed by atoms with Gasteiger partial charge in [0.2, 0.25) is 0 Å². The molecule has 7 heteroatoms. The van der Waals surface area contributed by atoms with E-state index in [2.05, 4.69) is 28.7 Å². The van der Waals surface area contributed by atoms with Gasteiger partial charge >= 0.3 is 0 Å². The summed E-state index contributed by atoms with van der Waals surface area (Å²) in [6.45, 7) is 8.86. The molecule has 1 saturated heterocycles. The Hall–Kier alpha value is 0.270. The van der Waals surface area contributed by atoms with Crippen molar-refractivity contribution in [2.75, 3.05) is 57.9 Å². The zero-order valence-electron chi connectivity index (χ0n) is 16.7. The van der Waals surface area contributed by atoms with Crippen molar-refractivity contribution < 1.29 is 4.74 Å². The number of thioether (sulfide) groups is 1. The Labute approximate surface area is 181 Å². The van der Waals surface area contributed by atoms with E-state index in [0.717, 1.165) is 51.9 Å². The minimum absolute atomic E-state index is 0. The van der Waals surface area contributed by atoms with E-state index in [4.69, 9.17) is 9.73 Å². The number of hydrogen-bond donors (Lipinski definition) is 2. The Morgan fingerprint density at radius 1 is 1.12 bits per heavy atom. The number of ether oxygens (including phenoxy) is 1. The molecule has 0 atom stereocenters. The van der Waals surface area contributed by atoms with Crippen LogP contribution in [0.25, 0.3) is 0 Å². The monoisotopic (exact) mass is 498 g/mol. The van der Waals surface area contributed by atoms with Gasteiger partial charge in [-0.1, -0.05) is 19.3 Å². The van der Waals surface area contributed by atoms with Gasteiger partial charge in [-0.2, -0.15) is 11.8 Å². The molecule has 26 heavy (non-hydrogen) atoms. The van der Waals surface area contributed by atoms with Crippen LogP contribution in [0.3, 0.4) is 0 Å². The number of guanidine groups is 1. The van der Waals surface area contributed by atoms with Crippen molar-refractivity contribution in [3.05, 3.63) is 0 Å². The topological polar surface area (TPSA) is 48.9 Å². The second kappa shape index (κ2) is 14.3. The summed E-state index contributed by atoms with van der Waals surface area (Å²) >= 11 is 1.93. The normalized spacial score (nSPS) is 21.1. The smallest absolute Gasteiger partial charge is 0.191 e. The number of nitrogens with zero attached hydrogens (tertiary/aromatic N) is 2. The Morgan fingerprint density at radius 3 is 2.50 bits per heavy atom. The maximum Gasteiger partial charge on any atom is 0.191 e. The third-order valence-electron chi connectivity index (χ3n) is 5.41. The van der Waals surface area contributed by atoms with Gasteiger partial charge in [0.05, 0.1) is 19.8 Å². The summed E-state index contributed by atoms with van der Waals surface area (Å²) in [5.41, 5.74) is 0.253. The fraction of sp³-hybridized carbons (Fsp3) is 0.947. The van der Waals surface area contributed by atoms with Gasteiger partial charge in [-0.3, -0.25) is 9.89 Å². The zero-order chi connectivity index (χ0) is 17.8. The fourth-order valence-corrected chi connectivity index (χ4v) is 4.46. The van der Waals surface area contributed by atoms with Crippen LogP contribution in [-0.4, -0.2) is 74.3 Å². The van der Waals surface area contributed by atoms with Crippen LogP contribution in [0.4, 0.5) is 0 Å². The molecular formula is C19H39IN4OS. The highest BCUT2D eigenvalue weighted by molar-refractivity contribution is 14.0. The summed E-state index contributed by atoms with van der Waals surface area (Å²) < 4.78 is 5.58. The summed E-state index contributed by atoms with van der Waals surface area (Å²) in [6.07, 6.45) is 11.3. The van der Waals surface area contributed by atoms with Crippen LogP contribution >= 0.6 is 35.7 Å². The first-order valence-electron chi connectivity index (χ1n) is 10.1. The number of aliphatic imine (C=N–C) groups is 1. The van der Waals surface area contributed by atoms with Gasteiger partial charge in [0.1, 0.15) is 0 Å². The second-order valence-electron chi connectivity index (χ2n) is 7.21. The third kappa shape index (κ3) is 8.10. The lowest BCUT2D eigenvalue weighted by Gasteiger charge is -2.47. The maximum atomic E-state index is 5.58. The molecule has 2 aliphatic rings. The van der Waals surface area contributed by atoms with Gasteiger partial charge in [0.15, 0.2) is 5.96 Å². The minimum Gasteiger partial charge on any atom is -0.379 e. The third-order valence-corrected chi connectivity index (χ3v) is 6.11. The first-order valence-corrected chi connectivity index (χ1v) is 11.5. The highest BCUT2D eigenvalue weighted by atomic mass is 127. The highest BCUT2D eigenvalue weighted by Gasteiger charge is 2.38. The lowest BCUT2D eigenvalue weighted by molar-refractivity contribution is -0.0333. The minimum atomic E-state index is 0. The Balaban J connectivity index is 0.00000338. The maximum absolute atomic E-state index is 5.58. The van der Waals surface area contributed by atoms with Crippen LogP contribution in [0.15, 0.2) is 4.99 Å². The molecule has 1 saturated carbocycles. The molecule has 0 aromatic rings. The summed E-state index contributed by atoms with van der Waals surface area (Å²) in [5, 5.41) is 6.95. The van der Waals surface area contributed by atoms with Crippen LogP contribution in [0.2, 0.25) is 0 Å². The predicted molar refractivity (Wildman–Crippen MR) is 125 cm³/mol. The van der Waals surface area contributed by atoms with E-state index in [0.29, 0.717) is 0 Å². The van der Waals surface area contributed by atoms with Crippen LogP contribution < -0.4 is 10.6 Å². The lowest BCUT2D eigenvalue weighted by Crippen LogP contribution is -2.56. The number of hydrogen-bond acceptors (Lipinski definition) is 4.